The molecule has 4 N–H and O–H groups in total. The summed E-state index contributed by atoms with van der Waals surface area (Å²) < 4.78 is 0. The molecule has 38 heavy (non-hydrogen) atoms. The first-order valence-electron chi connectivity index (χ1n) is 15.4. The zero-order valence-corrected chi connectivity index (χ0v) is 25.2. The third kappa shape index (κ3) is 3.00. The summed E-state index contributed by atoms with van der Waals surface area (Å²) in [5, 5.41) is 18.6. The summed E-state index contributed by atoms with van der Waals surface area (Å²) in [6.45, 7) is 19.6. The van der Waals surface area contributed by atoms with Gasteiger partial charge in [0, 0.05) is 11.0 Å². The van der Waals surface area contributed by atoms with Gasteiger partial charge >= 0.3 is 5.97 Å². The number of allylic oxidation sites excluding steroid dienone is 2. The first-order valence-corrected chi connectivity index (χ1v) is 15.4. The maximum atomic E-state index is 13.0. The van der Waals surface area contributed by atoms with Crippen molar-refractivity contribution in [2.75, 3.05) is 5.73 Å². The van der Waals surface area contributed by atoms with Gasteiger partial charge in [-0.3, -0.25) is 9.89 Å². The minimum Gasteiger partial charge on any atom is -0.481 e. The van der Waals surface area contributed by atoms with Gasteiger partial charge in [0.05, 0.1) is 11.1 Å². The van der Waals surface area contributed by atoms with Gasteiger partial charge in [0.2, 0.25) is 0 Å². The molecule has 0 radical (unpaired) electrons. The van der Waals surface area contributed by atoms with E-state index >= 15 is 0 Å². The van der Waals surface area contributed by atoms with Crippen LogP contribution in [0.3, 0.4) is 0 Å². The Morgan fingerprint density at radius 3 is 2.37 bits per heavy atom. The molecule has 0 aromatic carbocycles. The van der Waals surface area contributed by atoms with Crippen LogP contribution in [0.2, 0.25) is 0 Å². The first-order chi connectivity index (χ1) is 17.6. The lowest BCUT2D eigenvalue weighted by atomic mass is 9.33. The van der Waals surface area contributed by atoms with E-state index in [-0.39, 0.29) is 33.0 Å². The quantitative estimate of drug-likeness (QED) is 0.348. The summed E-state index contributed by atoms with van der Waals surface area (Å²) in [6, 6.07) is 0. The van der Waals surface area contributed by atoms with E-state index in [9.17, 15) is 9.90 Å². The van der Waals surface area contributed by atoms with Crippen molar-refractivity contribution in [3.05, 3.63) is 22.4 Å². The molecule has 0 saturated heterocycles. The number of nitrogen functional groups attached to an aromatic ring is 1. The molecule has 3 fully saturated rings. The molecular formula is C33H51N3O2. The molecule has 3 saturated carbocycles. The lowest BCUT2D eigenvalue weighted by Gasteiger charge is -2.71. The Bertz CT molecular complexity index is 1220. The topological polar surface area (TPSA) is 92.0 Å². The summed E-state index contributed by atoms with van der Waals surface area (Å²) in [7, 11) is 0. The number of nitrogens with two attached hydrogens (primary N) is 1. The number of aromatic nitrogens is 2. The van der Waals surface area contributed by atoms with Gasteiger partial charge in [0.1, 0.15) is 5.82 Å². The van der Waals surface area contributed by atoms with Crippen LogP contribution in [0.1, 0.15) is 124 Å². The fourth-order valence-electron chi connectivity index (χ4n) is 11.6. The highest BCUT2D eigenvalue weighted by atomic mass is 16.4. The molecule has 0 aliphatic heterocycles. The number of hydrogen-bond donors (Lipinski definition) is 3. The Balaban J connectivity index is 1.53. The van der Waals surface area contributed by atoms with E-state index in [1.165, 1.54) is 24.1 Å². The molecule has 0 bridgehead atoms. The van der Waals surface area contributed by atoms with E-state index in [1.807, 2.05) is 0 Å². The van der Waals surface area contributed by atoms with Gasteiger partial charge in [-0.25, -0.2) is 0 Å². The molecule has 0 spiro atoms. The second kappa shape index (κ2) is 7.69. The highest BCUT2D eigenvalue weighted by Gasteiger charge is 2.70. The van der Waals surface area contributed by atoms with E-state index < -0.39 is 11.4 Å². The van der Waals surface area contributed by atoms with E-state index in [2.05, 4.69) is 60.5 Å². The van der Waals surface area contributed by atoms with Crippen LogP contribution in [0.5, 0.6) is 0 Å². The zero-order chi connectivity index (χ0) is 27.7. The fraction of sp³-hybridized carbons (Fsp3) is 0.818. The van der Waals surface area contributed by atoms with Gasteiger partial charge in [0.15, 0.2) is 0 Å². The monoisotopic (exact) mass is 521 g/mol. The number of H-pyrrole nitrogens is 1. The van der Waals surface area contributed by atoms with Gasteiger partial charge < -0.3 is 10.8 Å². The molecule has 0 amide bonds. The van der Waals surface area contributed by atoms with Crippen LogP contribution in [-0.2, 0) is 16.6 Å². The molecule has 6 rings (SSSR count). The smallest absolute Gasteiger partial charge is 0.310 e. The molecule has 7 atom stereocenters. The number of anilines is 1. The minimum absolute atomic E-state index is 0.0204. The number of aromatic amines is 1. The van der Waals surface area contributed by atoms with E-state index in [0.29, 0.717) is 11.8 Å². The molecular weight excluding hydrogens is 470 g/mol. The zero-order valence-electron chi connectivity index (χ0n) is 25.2. The molecule has 5 aliphatic rings. The highest BCUT2D eigenvalue weighted by Crippen LogP contribution is 2.76. The number of carbonyl (C=O) groups is 1. The summed E-state index contributed by atoms with van der Waals surface area (Å²) in [4.78, 5) is 13.0. The summed E-state index contributed by atoms with van der Waals surface area (Å²) in [5.74, 6) is 1.49. The van der Waals surface area contributed by atoms with Crippen molar-refractivity contribution in [3.8, 4) is 0 Å². The second-order valence-corrected chi connectivity index (χ2v) is 16.2. The Hall–Kier alpha value is -1.78. The predicted octanol–water partition coefficient (Wildman–Crippen LogP) is 7.67. The van der Waals surface area contributed by atoms with Gasteiger partial charge in [-0.1, -0.05) is 66.5 Å². The molecule has 7 unspecified atom stereocenters. The standard InChI is InChI=1S/C33H51N3O2/c1-9-19-16-23-30(6)17-20-25(35-36-26(20)34)29(4,5)22(30)10-11-31(23,7)32(8)13-15-33(27(37)38)14-12-28(2,3)18-21(33)24(19)32/h21-23H,9-18H2,1-8H3,(H,37,38)(H3,34,35,36). The number of carboxylic acids is 1. The van der Waals surface area contributed by atoms with Crippen molar-refractivity contribution in [3.63, 3.8) is 0 Å². The maximum Gasteiger partial charge on any atom is 0.310 e. The van der Waals surface area contributed by atoms with Crippen molar-refractivity contribution < 1.29 is 9.90 Å². The summed E-state index contributed by atoms with van der Waals surface area (Å²) in [6.07, 6.45) is 10.2. The number of aliphatic carboxylic acids is 1. The van der Waals surface area contributed by atoms with E-state index in [1.54, 1.807) is 11.1 Å². The number of nitrogens with one attached hydrogen (secondary N) is 1. The molecule has 1 heterocycles. The molecule has 1 aromatic heterocycles. The Kier molecular flexibility index (Phi) is 5.35. The molecule has 1 aromatic rings. The minimum atomic E-state index is -0.581. The van der Waals surface area contributed by atoms with Crippen LogP contribution < -0.4 is 5.73 Å². The number of hydrogen-bond acceptors (Lipinski definition) is 3. The SMILES string of the molecule is CCC1=C2C3CC(C)(C)CCC3(C(=O)O)CCC2(C)C2(C)CCC3C(C)(C)c4n[nH]c(N)c4CC3(C)C2C1. The van der Waals surface area contributed by atoms with Gasteiger partial charge in [-0.15, -0.1) is 0 Å². The maximum absolute atomic E-state index is 13.0. The molecule has 5 nitrogen and oxygen atoms in total. The number of fused-ring (bicyclic) bond motifs is 8. The van der Waals surface area contributed by atoms with E-state index in [4.69, 9.17) is 10.8 Å². The van der Waals surface area contributed by atoms with Crippen LogP contribution >= 0.6 is 0 Å². The third-order valence-electron chi connectivity index (χ3n) is 13.9. The van der Waals surface area contributed by atoms with Gasteiger partial charge in [-0.05, 0) is 104 Å². The molecule has 5 aliphatic carbocycles. The van der Waals surface area contributed by atoms with Crippen LogP contribution in [-0.4, -0.2) is 21.3 Å². The van der Waals surface area contributed by atoms with Crippen molar-refractivity contribution in [2.45, 2.75) is 125 Å². The first kappa shape index (κ1) is 26.4. The highest BCUT2D eigenvalue weighted by molar-refractivity contribution is 5.77. The Labute approximate surface area is 229 Å². The Morgan fingerprint density at radius 2 is 1.71 bits per heavy atom. The third-order valence-corrected chi connectivity index (χ3v) is 13.9. The van der Waals surface area contributed by atoms with Crippen molar-refractivity contribution in [1.29, 1.82) is 0 Å². The van der Waals surface area contributed by atoms with Gasteiger partial charge in [0.25, 0.3) is 0 Å². The predicted molar refractivity (Wildman–Crippen MR) is 153 cm³/mol. The Morgan fingerprint density at radius 1 is 1.03 bits per heavy atom. The summed E-state index contributed by atoms with van der Waals surface area (Å²) in [5.41, 5.74) is 12.0. The summed E-state index contributed by atoms with van der Waals surface area (Å²) >= 11 is 0. The normalized spacial score (nSPS) is 44.8. The van der Waals surface area contributed by atoms with Gasteiger partial charge in [-0.2, -0.15) is 5.10 Å². The van der Waals surface area contributed by atoms with Crippen LogP contribution in [0, 0.1) is 44.8 Å². The van der Waals surface area contributed by atoms with Crippen molar-refractivity contribution in [1.82, 2.24) is 10.2 Å². The average Bonchev–Trinajstić information content (AvgIpc) is 3.19. The number of nitrogens with zero attached hydrogens (tertiary/aromatic N) is 1. The fourth-order valence-corrected chi connectivity index (χ4v) is 11.6. The van der Waals surface area contributed by atoms with Crippen LogP contribution in [0.15, 0.2) is 11.1 Å². The second-order valence-electron chi connectivity index (χ2n) is 16.2. The van der Waals surface area contributed by atoms with Crippen molar-refractivity contribution >= 4 is 11.8 Å². The largest absolute Gasteiger partial charge is 0.481 e. The number of carboxylic acid groups (broad SMARTS) is 1. The molecule has 5 heteroatoms. The lowest BCUT2D eigenvalue weighted by Crippen LogP contribution is -2.65. The number of rotatable bonds is 2. The van der Waals surface area contributed by atoms with Crippen LogP contribution in [0.4, 0.5) is 5.82 Å². The van der Waals surface area contributed by atoms with Crippen molar-refractivity contribution in [2.24, 2.45) is 44.8 Å². The van der Waals surface area contributed by atoms with Crippen LogP contribution in [0.25, 0.3) is 0 Å². The van der Waals surface area contributed by atoms with E-state index in [0.717, 1.165) is 57.2 Å². The average molecular weight is 522 g/mol. The lowest BCUT2D eigenvalue weighted by molar-refractivity contribution is -0.178. The molecule has 210 valence electrons.